The zero-order valence-corrected chi connectivity index (χ0v) is 12.9. The molecule has 0 amide bonds. The first-order chi connectivity index (χ1) is 9.85. The topological polar surface area (TPSA) is 35.1 Å². The van der Waals surface area contributed by atoms with Crippen molar-refractivity contribution in [1.29, 1.82) is 0 Å². The number of nitrogens with two attached hydrogens (primary N) is 1. The summed E-state index contributed by atoms with van der Waals surface area (Å²) in [6.07, 6.45) is 9.72. The van der Waals surface area contributed by atoms with E-state index in [0.717, 1.165) is 24.1 Å². The Morgan fingerprint density at radius 1 is 1.00 bits per heavy atom. The van der Waals surface area contributed by atoms with E-state index in [1.807, 2.05) is 12.1 Å². The summed E-state index contributed by atoms with van der Waals surface area (Å²) in [7, 11) is 3.41. The van der Waals surface area contributed by atoms with Gasteiger partial charge in [0.2, 0.25) is 0 Å². The lowest BCUT2D eigenvalue weighted by molar-refractivity contribution is -0.706. The number of para-hydroxylation sites is 1. The van der Waals surface area contributed by atoms with E-state index in [9.17, 15) is 0 Å². The monoisotopic (exact) mass is 278 g/mol. The first-order valence-electron chi connectivity index (χ1n) is 7.88. The van der Waals surface area contributed by atoms with Crippen LogP contribution >= 0.6 is 0 Å². The van der Waals surface area contributed by atoms with Crippen molar-refractivity contribution in [2.45, 2.75) is 57.5 Å². The molecule has 1 aliphatic rings. The molecule has 1 aromatic rings. The van der Waals surface area contributed by atoms with E-state index in [1.54, 1.807) is 14.2 Å². The molecular weight excluding hydrogens is 250 g/mol. The lowest BCUT2D eigenvalue weighted by atomic mass is 9.96. The van der Waals surface area contributed by atoms with E-state index in [1.165, 1.54) is 50.5 Å². The van der Waals surface area contributed by atoms with Gasteiger partial charge in [-0.1, -0.05) is 25.3 Å². The summed E-state index contributed by atoms with van der Waals surface area (Å²) in [5.74, 6) is 1.72. The van der Waals surface area contributed by atoms with Crippen LogP contribution in [0.2, 0.25) is 0 Å². The van der Waals surface area contributed by atoms with Gasteiger partial charge in [-0.15, -0.1) is 0 Å². The van der Waals surface area contributed by atoms with Gasteiger partial charge in [-0.2, -0.15) is 0 Å². The number of quaternary nitrogens is 1. The van der Waals surface area contributed by atoms with Crippen molar-refractivity contribution in [2.24, 2.45) is 0 Å². The zero-order chi connectivity index (χ0) is 14.2. The minimum Gasteiger partial charge on any atom is -0.493 e. The van der Waals surface area contributed by atoms with Gasteiger partial charge in [0.1, 0.15) is 6.54 Å². The maximum atomic E-state index is 5.51. The van der Waals surface area contributed by atoms with Crippen molar-refractivity contribution in [3.63, 3.8) is 0 Å². The number of rotatable bonds is 5. The highest BCUT2D eigenvalue weighted by Crippen LogP contribution is 2.30. The predicted octanol–water partition coefficient (Wildman–Crippen LogP) is 2.88. The van der Waals surface area contributed by atoms with Gasteiger partial charge in [0.25, 0.3) is 0 Å². The summed E-state index contributed by atoms with van der Waals surface area (Å²) in [5, 5.41) is 2.49. The third kappa shape index (κ3) is 4.14. The smallest absolute Gasteiger partial charge is 0.169 e. The highest BCUT2D eigenvalue weighted by atomic mass is 16.5. The zero-order valence-electron chi connectivity index (χ0n) is 12.9. The molecule has 0 unspecified atom stereocenters. The Morgan fingerprint density at radius 3 is 2.35 bits per heavy atom. The predicted molar refractivity (Wildman–Crippen MR) is 81.3 cm³/mol. The first-order valence-corrected chi connectivity index (χ1v) is 7.88. The van der Waals surface area contributed by atoms with Gasteiger partial charge in [-0.25, -0.2) is 0 Å². The summed E-state index contributed by atoms with van der Waals surface area (Å²) in [4.78, 5) is 0. The molecule has 0 heterocycles. The van der Waals surface area contributed by atoms with E-state index in [2.05, 4.69) is 11.4 Å². The van der Waals surface area contributed by atoms with Crippen LogP contribution < -0.4 is 14.8 Å². The number of ether oxygens (including phenoxy) is 2. The Morgan fingerprint density at radius 2 is 1.70 bits per heavy atom. The number of hydrogen-bond acceptors (Lipinski definition) is 2. The van der Waals surface area contributed by atoms with Gasteiger partial charge in [0, 0.05) is 0 Å². The van der Waals surface area contributed by atoms with Crippen LogP contribution in [-0.2, 0) is 6.54 Å². The molecule has 1 saturated carbocycles. The molecule has 112 valence electrons. The van der Waals surface area contributed by atoms with Crippen molar-refractivity contribution in [2.75, 3.05) is 14.2 Å². The van der Waals surface area contributed by atoms with Gasteiger partial charge < -0.3 is 14.8 Å². The van der Waals surface area contributed by atoms with Crippen LogP contribution in [0.25, 0.3) is 0 Å². The normalized spacial score (nSPS) is 17.3. The van der Waals surface area contributed by atoms with E-state index in [4.69, 9.17) is 9.47 Å². The Labute approximate surface area is 122 Å². The fourth-order valence-electron chi connectivity index (χ4n) is 3.13. The third-order valence-electron chi connectivity index (χ3n) is 4.31. The van der Waals surface area contributed by atoms with Crippen molar-refractivity contribution in [3.8, 4) is 11.5 Å². The molecule has 20 heavy (non-hydrogen) atoms. The van der Waals surface area contributed by atoms with Crippen molar-refractivity contribution < 1.29 is 14.8 Å². The highest BCUT2D eigenvalue weighted by Gasteiger charge is 2.16. The molecule has 0 radical (unpaired) electrons. The number of methoxy groups -OCH3 is 2. The van der Waals surface area contributed by atoms with E-state index >= 15 is 0 Å². The van der Waals surface area contributed by atoms with Crippen LogP contribution in [0.5, 0.6) is 11.5 Å². The Bertz CT molecular complexity index is 398. The summed E-state index contributed by atoms with van der Waals surface area (Å²) in [6, 6.07) is 6.91. The molecule has 1 fully saturated rings. The largest absolute Gasteiger partial charge is 0.493 e. The Balaban J connectivity index is 1.95. The van der Waals surface area contributed by atoms with E-state index in [0.29, 0.717) is 0 Å². The highest BCUT2D eigenvalue weighted by molar-refractivity contribution is 5.46. The van der Waals surface area contributed by atoms with Crippen molar-refractivity contribution in [1.82, 2.24) is 0 Å². The maximum Gasteiger partial charge on any atom is 0.169 e. The van der Waals surface area contributed by atoms with Crippen LogP contribution in [0.1, 0.15) is 50.5 Å². The second-order valence-electron chi connectivity index (χ2n) is 5.70. The van der Waals surface area contributed by atoms with Crippen molar-refractivity contribution >= 4 is 0 Å². The third-order valence-corrected chi connectivity index (χ3v) is 4.31. The Kier molecular flexibility index (Phi) is 6.19. The second-order valence-corrected chi connectivity index (χ2v) is 5.70. The molecule has 0 aromatic heterocycles. The molecule has 3 heteroatoms. The van der Waals surface area contributed by atoms with Crippen LogP contribution in [0, 0.1) is 0 Å². The minimum absolute atomic E-state index is 0.770. The average molecular weight is 278 g/mol. The average Bonchev–Trinajstić information content (AvgIpc) is 2.45. The quantitative estimate of drug-likeness (QED) is 0.899. The number of hydrogen-bond donors (Lipinski definition) is 1. The van der Waals surface area contributed by atoms with E-state index in [-0.39, 0.29) is 0 Å². The van der Waals surface area contributed by atoms with Crippen LogP contribution in [0.15, 0.2) is 18.2 Å². The Hall–Kier alpha value is -1.22. The van der Waals surface area contributed by atoms with Crippen LogP contribution in [-0.4, -0.2) is 20.3 Å². The molecule has 0 saturated heterocycles. The van der Waals surface area contributed by atoms with E-state index < -0.39 is 0 Å². The molecule has 0 bridgehead atoms. The van der Waals surface area contributed by atoms with Crippen molar-refractivity contribution in [3.05, 3.63) is 23.8 Å². The first kappa shape index (κ1) is 15.2. The van der Waals surface area contributed by atoms with Crippen LogP contribution in [0.3, 0.4) is 0 Å². The lowest BCUT2D eigenvalue weighted by Crippen LogP contribution is -2.88. The summed E-state index contributed by atoms with van der Waals surface area (Å²) < 4.78 is 10.9. The molecular formula is C17H28NO2+. The molecule has 2 N–H and O–H groups in total. The van der Waals surface area contributed by atoms with Gasteiger partial charge >= 0.3 is 0 Å². The summed E-state index contributed by atoms with van der Waals surface area (Å²) >= 11 is 0. The van der Waals surface area contributed by atoms with Gasteiger partial charge in [-0.3, -0.25) is 0 Å². The van der Waals surface area contributed by atoms with Crippen LogP contribution in [0.4, 0.5) is 0 Å². The fraction of sp³-hybridized carbons (Fsp3) is 0.647. The lowest BCUT2D eigenvalue weighted by Gasteiger charge is -2.19. The molecule has 2 rings (SSSR count). The molecule has 0 spiro atoms. The SMILES string of the molecule is COc1cccc(C[NH2+]C2CCCCCCC2)c1OC. The summed E-state index contributed by atoms with van der Waals surface area (Å²) in [5.41, 5.74) is 1.23. The van der Waals surface area contributed by atoms with Gasteiger partial charge in [-0.05, 0) is 37.8 Å². The molecule has 1 aliphatic carbocycles. The molecule has 1 aromatic carbocycles. The molecule has 3 nitrogen and oxygen atoms in total. The summed E-state index contributed by atoms with van der Waals surface area (Å²) in [6.45, 7) is 0.977. The van der Waals surface area contributed by atoms with Gasteiger partial charge in [0.15, 0.2) is 11.5 Å². The molecule has 0 aliphatic heterocycles. The fourth-order valence-corrected chi connectivity index (χ4v) is 3.13. The van der Waals surface area contributed by atoms with Gasteiger partial charge in [0.05, 0.1) is 25.8 Å². The minimum atomic E-state index is 0.770. The maximum absolute atomic E-state index is 5.51. The molecule has 0 atom stereocenters. The standard InChI is InChI=1S/C17H27NO2/c1-19-16-12-8-9-14(17(16)20-2)13-18-15-10-6-4-3-5-7-11-15/h8-9,12,15,18H,3-7,10-11,13H2,1-2H3/p+1. The second kappa shape index (κ2) is 8.15. The number of benzene rings is 1.